The summed E-state index contributed by atoms with van der Waals surface area (Å²) >= 11 is 0. The smallest absolute Gasteiger partial charge is 0.374 e. The van der Waals surface area contributed by atoms with E-state index in [4.69, 9.17) is 9.47 Å². The Bertz CT molecular complexity index is 915. The summed E-state index contributed by atoms with van der Waals surface area (Å²) in [4.78, 5) is 14.5. The van der Waals surface area contributed by atoms with Crippen LogP contribution in [0.3, 0.4) is 0 Å². The summed E-state index contributed by atoms with van der Waals surface area (Å²) in [6.07, 6.45) is -3.01. The van der Waals surface area contributed by atoms with Gasteiger partial charge in [-0.25, -0.2) is 0 Å². The fraction of sp³-hybridized carbons (Fsp3) is 0.773. The maximum Gasteiger partial charge on any atom is 0.411 e. The lowest BCUT2D eigenvalue weighted by molar-refractivity contribution is -0.202. The van der Waals surface area contributed by atoms with Gasteiger partial charge in [-0.2, -0.15) is 13.2 Å². The van der Waals surface area contributed by atoms with Crippen LogP contribution in [-0.4, -0.2) is 73.0 Å². The first-order chi connectivity index (χ1) is 16.2. The van der Waals surface area contributed by atoms with Crippen LogP contribution in [-0.2, 0) is 16.0 Å². The van der Waals surface area contributed by atoms with Crippen molar-refractivity contribution in [2.24, 2.45) is 5.92 Å². The van der Waals surface area contributed by atoms with Crippen molar-refractivity contribution in [1.29, 1.82) is 0 Å². The van der Waals surface area contributed by atoms with E-state index >= 15 is 0 Å². The Kier molecular flexibility index (Phi) is 7.00. The highest BCUT2D eigenvalue weighted by Gasteiger charge is 2.40. The molecule has 4 aliphatic heterocycles. The van der Waals surface area contributed by atoms with Crippen molar-refractivity contribution in [2.75, 3.05) is 26.2 Å². The molecule has 0 saturated carbocycles. The second-order valence-corrected chi connectivity index (χ2v) is 9.85. The number of ether oxygens (including phenoxy) is 2. The molecule has 34 heavy (non-hydrogen) atoms. The van der Waals surface area contributed by atoms with Crippen LogP contribution in [0.4, 0.5) is 13.2 Å². The van der Waals surface area contributed by atoms with Gasteiger partial charge in [0.1, 0.15) is 19.2 Å². The van der Waals surface area contributed by atoms with Gasteiger partial charge >= 0.3 is 6.18 Å². The zero-order valence-electron chi connectivity index (χ0n) is 19.2. The van der Waals surface area contributed by atoms with Crippen molar-refractivity contribution in [3.8, 4) is 0 Å². The number of nitrogens with one attached hydrogen (secondary N) is 4. The topological polar surface area (TPSA) is 91.8 Å². The Morgan fingerprint density at radius 1 is 1.18 bits per heavy atom. The Balaban J connectivity index is 1.26. The summed E-state index contributed by atoms with van der Waals surface area (Å²) in [5.41, 5.74) is 1.04. The van der Waals surface area contributed by atoms with Gasteiger partial charge in [-0.1, -0.05) is 6.07 Å². The lowest BCUT2D eigenvalue weighted by atomic mass is 9.83. The van der Waals surface area contributed by atoms with Crippen LogP contribution in [0.1, 0.15) is 37.8 Å². The van der Waals surface area contributed by atoms with Gasteiger partial charge in [-0.3, -0.25) is 31.0 Å². The minimum absolute atomic E-state index is 0.0205. The van der Waals surface area contributed by atoms with Crippen LogP contribution in [0.2, 0.25) is 0 Å². The molecule has 5 heterocycles. The molecule has 9 nitrogen and oxygen atoms in total. The number of hydrogen-bond acceptors (Lipinski definition) is 8. The average molecular weight is 487 g/mol. The molecular formula is C22H33F3N6O3. The van der Waals surface area contributed by atoms with Gasteiger partial charge in [0.05, 0.1) is 12.2 Å². The van der Waals surface area contributed by atoms with E-state index in [0.29, 0.717) is 25.6 Å². The highest BCUT2D eigenvalue weighted by molar-refractivity contribution is 5.17. The number of fused-ring (bicyclic) bond motifs is 4. The monoisotopic (exact) mass is 486 g/mol. The Morgan fingerprint density at radius 2 is 2.03 bits per heavy atom. The van der Waals surface area contributed by atoms with Crippen molar-refractivity contribution in [3.63, 3.8) is 0 Å². The molecule has 0 amide bonds. The number of nitrogens with zero attached hydrogens (tertiary/aromatic N) is 2. The van der Waals surface area contributed by atoms with E-state index in [0.717, 1.165) is 31.5 Å². The number of aromatic nitrogens is 1. The molecule has 7 unspecified atom stereocenters. The highest BCUT2D eigenvalue weighted by Crippen LogP contribution is 2.35. The third-order valence-electron chi connectivity index (χ3n) is 7.11. The van der Waals surface area contributed by atoms with Gasteiger partial charge in [0, 0.05) is 43.9 Å². The number of alkyl halides is 3. The molecule has 0 aliphatic carbocycles. The van der Waals surface area contributed by atoms with E-state index < -0.39 is 31.7 Å². The Labute approximate surface area is 196 Å². The standard InChI is InChI=1S/C22H33F3N6O3/c1-13-5-6-16(34-13)8-26-19-27-20(29-21(28-19)33-12-22(23,24)25)30-9-14-7-15(11-30)17-3-2-4-18(32)31(17)10-14/h2-4,13-16,19-21,26-29H,5-12H2,1H3. The minimum Gasteiger partial charge on any atom is -0.374 e. The first kappa shape index (κ1) is 24.2. The van der Waals surface area contributed by atoms with Crippen LogP contribution in [0, 0.1) is 5.92 Å². The fourth-order valence-corrected chi connectivity index (χ4v) is 5.63. The molecule has 0 aromatic carbocycles. The predicted octanol–water partition coefficient (Wildman–Crippen LogP) is 0.637. The number of likely N-dealkylation sites (tertiary alicyclic amines) is 1. The summed E-state index contributed by atoms with van der Waals surface area (Å²) in [5, 5.41) is 12.9. The van der Waals surface area contributed by atoms with Gasteiger partial charge < -0.3 is 14.0 Å². The first-order valence-corrected chi connectivity index (χ1v) is 12.0. The van der Waals surface area contributed by atoms with E-state index in [2.05, 4.69) is 26.2 Å². The van der Waals surface area contributed by atoms with Gasteiger partial charge in [-0.15, -0.1) is 0 Å². The van der Waals surface area contributed by atoms with Crippen LogP contribution in [0.15, 0.2) is 23.0 Å². The van der Waals surface area contributed by atoms with Gasteiger partial charge in [0.25, 0.3) is 5.56 Å². The molecule has 3 fully saturated rings. The maximum atomic E-state index is 12.8. The van der Waals surface area contributed by atoms with E-state index in [1.54, 1.807) is 12.1 Å². The van der Waals surface area contributed by atoms with Crippen molar-refractivity contribution in [2.45, 2.75) is 76.0 Å². The molecule has 3 saturated heterocycles. The lowest BCUT2D eigenvalue weighted by Gasteiger charge is -2.49. The molecule has 2 bridgehead atoms. The Morgan fingerprint density at radius 3 is 2.79 bits per heavy atom. The number of piperidine rings is 1. The molecule has 0 spiro atoms. The van der Waals surface area contributed by atoms with Crippen LogP contribution in [0.25, 0.3) is 0 Å². The normalized spacial score (nSPS) is 36.4. The maximum absolute atomic E-state index is 12.8. The molecule has 4 aliphatic rings. The van der Waals surface area contributed by atoms with Crippen molar-refractivity contribution >= 4 is 0 Å². The van der Waals surface area contributed by atoms with E-state index in [9.17, 15) is 18.0 Å². The zero-order chi connectivity index (χ0) is 23.9. The second kappa shape index (κ2) is 9.84. The van der Waals surface area contributed by atoms with Gasteiger partial charge in [-0.05, 0) is 38.2 Å². The molecule has 7 atom stereocenters. The predicted molar refractivity (Wildman–Crippen MR) is 117 cm³/mol. The average Bonchev–Trinajstić information content (AvgIpc) is 3.21. The van der Waals surface area contributed by atoms with Gasteiger partial charge in [0.2, 0.25) is 0 Å². The van der Waals surface area contributed by atoms with Gasteiger partial charge in [0.15, 0.2) is 6.35 Å². The summed E-state index contributed by atoms with van der Waals surface area (Å²) < 4.78 is 51.3. The molecule has 4 N–H and O–H groups in total. The van der Waals surface area contributed by atoms with Crippen LogP contribution < -0.4 is 26.8 Å². The quantitative estimate of drug-likeness (QED) is 0.466. The zero-order valence-corrected chi connectivity index (χ0v) is 19.2. The van der Waals surface area contributed by atoms with E-state index in [-0.39, 0.29) is 23.7 Å². The molecule has 1 aromatic rings. The molecule has 12 heteroatoms. The second-order valence-electron chi connectivity index (χ2n) is 9.85. The summed E-state index contributed by atoms with van der Waals surface area (Å²) in [5.74, 6) is 0.480. The lowest BCUT2D eigenvalue weighted by Crippen LogP contribution is -2.76. The summed E-state index contributed by atoms with van der Waals surface area (Å²) in [6, 6.07) is 5.38. The molecule has 0 radical (unpaired) electrons. The third kappa shape index (κ3) is 5.64. The largest absolute Gasteiger partial charge is 0.411 e. The van der Waals surface area contributed by atoms with Crippen molar-refractivity contribution < 1.29 is 22.6 Å². The molecule has 190 valence electrons. The fourth-order valence-electron chi connectivity index (χ4n) is 5.63. The Hall–Kier alpha value is -1.54. The number of hydrogen-bond donors (Lipinski definition) is 4. The third-order valence-corrected chi connectivity index (χ3v) is 7.11. The summed E-state index contributed by atoms with van der Waals surface area (Å²) in [7, 11) is 0. The molecule has 5 rings (SSSR count). The van der Waals surface area contributed by atoms with Crippen LogP contribution in [0.5, 0.6) is 0 Å². The number of rotatable bonds is 6. The first-order valence-electron chi connectivity index (χ1n) is 12.0. The number of halogens is 3. The molecule has 1 aromatic heterocycles. The summed E-state index contributed by atoms with van der Waals surface area (Å²) in [6.45, 7) is 3.34. The van der Waals surface area contributed by atoms with E-state index in [1.165, 1.54) is 0 Å². The van der Waals surface area contributed by atoms with E-state index in [1.807, 2.05) is 17.6 Å². The number of pyridine rings is 1. The SMILES string of the molecule is CC1CCC(CNC2NC(OCC(F)(F)F)NC(N3CC4CC(C3)c3cccc(=O)n3C4)N2)O1. The highest BCUT2D eigenvalue weighted by atomic mass is 19.4. The minimum atomic E-state index is -4.42. The van der Waals surface area contributed by atoms with Crippen molar-refractivity contribution in [3.05, 3.63) is 34.2 Å². The molecular weight excluding hydrogens is 453 g/mol. The van der Waals surface area contributed by atoms with Crippen molar-refractivity contribution in [1.82, 2.24) is 30.7 Å². The van der Waals surface area contributed by atoms with Crippen LogP contribution >= 0.6 is 0 Å².